The second kappa shape index (κ2) is 2.27. The minimum Gasteiger partial charge on any atom is -0.444 e. The van der Waals surface area contributed by atoms with Gasteiger partial charge >= 0.3 is 6.09 Å². The van der Waals surface area contributed by atoms with Gasteiger partial charge < -0.3 is 4.74 Å². The first kappa shape index (κ1) is 6.22. The average molecular weight is 148 g/mol. The van der Waals surface area contributed by atoms with Gasteiger partial charge in [-0.1, -0.05) is 12.1 Å². The molecule has 0 saturated heterocycles. The molecule has 1 N–H and O–H groups in total. The largest absolute Gasteiger partial charge is 0.444 e. The Morgan fingerprint density at radius 3 is 3.45 bits per heavy atom. The minimum absolute atomic E-state index is 0.357. The molecule has 3 heteroatoms. The number of rotatable bonds is 0. The van der Waals surface area contributed by atoms with Crippen LogP contribution in [0.4, 0.5) is 10.5 Å². The SMILES string of the molecule is O=C1Nc2c[c]ccc2CO1. The van der Waals surface area contributed by atoms with Gasteiger partial charge in [-0.25, -0.2) is 4.79 Å². The lowest BCUT2D eigenvalue weighted by molar-refractivity contribution is 0.151. The Balaban J connectivity index is 2.41. The summed E-state index contributed by atoms with van der Waals surface area (Å²) in [5, 5.41) is 2.57. The van der Waals surface area contributed by atoms with Crippen LogP contribution in [-0.4, -0.2) is 6.09 Å². The van der Waals surface area contributed by atoms with Crippen molar-refractivity contribution in [2.75, 3.05) is 5.32 Å². The first-order valence-corrected chi connectivity index (χ1v) is 3.29. The highest BCUT2D eigenvalue weighted by molar-refractivity contribution is 5.87. The monoisotopic (exact) mass is 148 g/mol. The number of ether oxygens (including phenoxy) is 1. The Morgan fingerprint density at radius 2 is 2.55 bits per heavy atom. The quantitative estimate of drug-likeness (QED) is 0.606. The van der Waals surface area contributed by atoms with Gasteiger partial charge in [0.25, 0.3) is 0 Å². The van der Waals surface area contributed by atoms with E-state index in [-0.39, 0.29) is 0 Å². The second-order valence-electron chi connectivity index (χ2n) is 2.28. The van der Waals surface area contributed by atoms with E-state index in [1.807, 2.05) is 6.07 Å². The number of cyclic esters (lactones) is 1. The number of amides is 1. The second-order valence-corrected chi connectivity index (χ2v) is 2.28. The fraction of sp³-hybridized carbons (Fsp3) is 0.125. The predicted octanol–water partition coefficient (Wildman–Crippen LogP) is 1.55. The smallest absolute Gasteiger partial charge is 0.411 e. The molecule has 0 unspecified atom stereocenters. The normalized spacial score (nSPS) is 14.7. The third-order valence-electron chi connectivity index (χ3n) is 1.55. The van der Waals surface area contributed by atoms with Crippen molar-refractivity contribution in [3.05, 3.63) is 29.8 Å². The molecule has 1 heterocycles. The van der Waals surface area contributed by atoms with Gasteiger partial charge in [-0.3, -0.25) is 5.32 Å². The standard InChI is InChI=1S/C8H6NO2/c10-8-9-7-4-2-1-3-6(7)5-11-8/h1,3-4H,5H2,(H,9,10). The maximum absolute atomic E-state index is 10.7. The topological polar surface area (TPSA) is 38.3 Å². The molecule has 1 aliphatic heterocycles. The van der Waals surface area contributed by atoms with E-state index >= 15 is 0 Å². The average Bonchev–Trinajstić information content (AvgIpc) is 2.04. The van der Waals surface area contributed by atoms with Crippen LogP contribution in [0.15, 0.2) is 18.2 Å². The Hall–Kier alpha value is -1.51. The lowest BCUT2D eigenvalue weighted by atomic mass is 10.2. The fourth-order valence-electron chi connectivity index (χ4n) is 0.994. The van der Waals surface area contributed by atoms with E-state index in [1.165, 1.54) is 0 Å². The summed E-state index contributed by atoms with van der Waals surface area (Å²) in [5.41, 5.74) is 1.78. The lowest BCUT2D eigenvalue weighted by Gasteiger charge is -2.16. The van der Waals surface area contributed by atoms with E-state index in [0.29, 0.717) is 6.61 Å². The van der Waals surface area contributed by atoms with Gasteiger partial charge in [-0.2, -0.15) is 0 Å². The number of anilines is 1. The fourth-order valence-corrected chi connectivity index (χ4v) is 0.994. The molecular weight excluding hydrogens is 142 g/mol. The van der Waals surface area contributed by atoms with Crippen LogP contribution in [0.3, 0.4) is 0 Å². The first-order chi connectivity index (χ1) is 5.36. The Labute approximate surface area is 64.0 Å². The van der Waals surface area contributed by atoms with Gasteiger partial charge in [0.05, 0.1) is 5.69 Å². The molecule has 1 aliphatic rings. The van der Waals surface area contributed by atoms with Gasteiger partial charge in [-0.15, -0.1) is 0 Å². The maximum atomic E-state index is 10.7. The number of fused-ring (bicyclic) bond motifs is 1. The number of benzene rings is 1. The van der Waals surface area contributed by atoms with E-state index < -0.39 is 6.09 Å². The number of carbonyl (C=O) groups excluding carboxylic acids is 1. The molecule has 11 heavy (non-hydrogen) atoms. The summed E-state index contributed by atoms with van der Waals surface area (Å²) < 4.78 is 4.74. The van der Waals surface area contributed by atoms with E-state index in [4.69, 9.17) is 4.74 Å². The lowest BCUT2D eigenvalue weighted by Crippen LogP contribution is -2.19. The Bertz CT molecular complexity index is 296. The molecule has 3 nitrogen and oxygen atoms in total. The Morgan fingerprint density at radius 1 is 1.64 bits per heavy atom. The Kier molecular flexibility index (Phi) is 1.28. The molecule has 55 valence electrons. The summed E-state index contributed by atoms with van der Waals surface area (Å²) in [4.78, 5) is 10.7. The predicted molar refractivity (Wildman–Crippen MR) is 39.1 cm³/mol. The first-order valence-electron chi connectivity index (χ1n) is 3.29. The molecule has 2 rings (SSSR count). The number of carbonyl (C=O) groups is 1. The highest BCUT2D eigenvalue weighted by Gasteiger charge is 2.13. The van der Waals surface area contributed by atoms with Crippen molar-refractivity contribution in [2.24, 2.45) is 0 Å². The molecule has 1 aromatic carbocycles. The molecule has 0 aliphatic carbocycles. The summed E-state index contributed by atoms with van der Waals surface area (Å²) in [5.74, 6) is 0. The zero-order valence-electron chi connectivity index (χ0n) is 5.76. The van der Waals surface area contributed by atoms with Gasteiger partial charge in [0, 0.05) is 5.56 Å². The third-order valence-corrected chi connectivity index (χ3v) is 1.55. The highest BCUT2D eigenvalue weighted by atomic mass is 16.5. The van der Waals surface area contributed by atoms with Crippen LogP contribution in [0.25, 0.3) is 0 Å². The minimum atomic E-state index is -0.392. The van der Waals surface area contributed by atoms with Crippen LogP contribution >= 0.6 is 0 Å². The molecule has 1 amide bonds. The van der Waals surface area contributed by atoms with Crippen molar-refractivity contribution in [3.63, 3.8) is 0 Å². The highest BCUT2D eigenvalue weighted by Crippen LogP contribution is 2.19. The maximum Gasteiger partial charge on any atom is 0.411 e. The number of hydrogen-bond donors (Lipinski definition) is 1. The van der Waals surface area contributed by atoms with Crippen LogP contribution in [0.1, 0.15) is 5.56 Å². The van der Waals surface area contributed by atoms with Crippen LogP contribution in [0.2, 0.25) is 0 Å². The van der Waals surface area contributed by atoms with E-state index in [2.05, 4.69) is 11.4 Å². The van der Waals surface area contributed by atoms with Gasteiger partial charge in [0.1, 0.15) is 6.61 Å². The number of nitrogens with one attached hydrogen (secondary N) is 1. The third kappa shape index (κ3) is 1.05. The molecule has 1 radical (unpaired) electrons. The molecule has 0 bridgehead atoms. The summed E-state index contributed by atoms with van der Waals surface area (Å²) >= 11 is 0. The van der Waals surface area contributed by atoms with Crippen LogP contribution < -0.4 is 5.32 Å². The molecule has 0 fully saturated rings. The van der Waals surface area contributed by atoms with Crippen molar-refractivity contribution in [1.82, 2.24) is 0 Å². The van der Waals surface area contributed by atoms with E-state index in [1.54, 1.807) is 12.1 Å². The van der Waals surface area contributed by atoms with E-state index in [9.17, 15) is 4.79 Å². The molecule has 0 atom stereocenters. The molecule has 1 aromatic rings. The zero-order valence-corrected chi connectivity index (χ0v) is 5.76. The molecule has 0 aromatic heterocycles. The number of hydrogen-bond acceptors (Lipinski definition) is 2. The molecule has 0 spiro atoms. The van der Waals surface area contributed by atoms with E-state index in [0.717, 1.165) is 11.3 Å². The van der Waals surface area contributed by atoms with Crippen molar-refractivity contribution in [1.29, 1.82) is 0 Å². The van der Waals surface area contributed by atoms with Crippen molar-refractivity contribution in [2.45, 2.75) is 6.61 Å². The molecule has 0 saturated carbocycles. The van der Waals surface area contributed by atoms with Crippen molar-refractivity contribution in [3.8, 4) is 0 Å². The summed E-state index contributed by atoms with van der Waals surface area (Å²) in [6.45, 7) is 0.357. The van der Waals surface area contributed by atoms with Gasteiger partial charge in [0.15, 0.2) is 0 Å². The zero-order chi connectivity index (χ0) is 7.68. The molecular formula is C8H6NO2. The van der Waals surface area contributed by atoms with Crippen molar-refractivity contribution < 1.29 is 9.53 Å². The van der Waals surface area contributed by atoms with Crippen LogP contribution in [-0.2, 0) is 11.3 Å². The van der Waals surface area contributed by atoms with Crippen molar-refractivity contribution >= 4 is 11.8 Å². The van der Waals surface area contributed by atoms with Crippen LogP contribution in [0, 0.1) is 6.07 Å². The van der Waals surface area contributed by atoms with Gasteiger partial charge in [-0.05, 0) is 12.1 Å². The summed E-state index contributed by atoms with van der Waals surface area (Å²) in [6, 6.07) is 8.26. The summed E-state index contributed by atoms with van der Waals surface area (Å²) in [7, 11) is 0. The summed E-state index contributed by atoms with van der Waals surface area (Å²) in [6.07, 6.45) is -0.392. The van der Waals surface area contributed by atoms with Crippen LogP contribution in [0.5, 0.6) is 0 Å². The van der Waals surface area contributed by atoms with Gasteiger partial charge in [0.2, 0.25) is 0 Å².